The summed E-state index contributed by atoms with van der Waals surface area (Å²) in [5.41, 5.74) is 1.68. The van der Waals surface area contributed by atoms with Crippen LogP contribution in [0, 0.1) is 6.92 Å². The van der Waals surface area contributed by atoms with Crippen molar-refractivity contribution in [2.75, 3.05) is 26.3 Å². The summed E-state index contributed by atoms with van der Waals surface area (Å²) in [6.07, 6.45) is 1.94. The van der Waals surface area contributed by atoms with Crippen LogP contribution in [-0.2, 0) is 11.2 Å². The number of aryl methyl sites for hydroxylation is 1. The zero-order valence-corrected chi connectivity index (χ0v) is 14.2. The minimum atomic E-state index is -0.813. The monoisotopic (exact) mass is 349 g/mol. The maximum Gasteiger partial charge on any atom is 0.273 e. The van der Waals surface area contributed by atoms with Crippen LogP contribution in [0.2, 0.25) is 5.02 Å². The Morgan fingerprint density at radius 3 is 2.96 bits per heavy atom. The Labute approximate surface area is 145 Å². The van der Waals surface area contributed by atoms with E-state index in [1.807, 2.05) is 31.2 Å². The lowest BCUT2D eigenvalue weighted by molar-refractivity contribution is -0.123. The number of aromatic nitrogens is 2. The highest BCUT2D eigenvalue weighted by Gasteiger charge is 2.39. The Bertz CT molecular complexity index is 733. The highest BCUT2D eigenvalue weighted by molar-refractivity contribution is 6.33. The van der Waals surface area contributed by atoms with Gasteiger partial charge in [0.25, 0.3) is 5.91 Å². The van der Waals surface area contributed by atoms with E-state index >= 15 is 0 Å². The van der Waals surface area contributed by atoms with Gasteiger partial charge in [0.15, 0.2) is 0 Å². The number of benzene rings is 1. The van der Waals surface area contributed by atoms with Crippen LogP contribution in [0.5, 0.6) is 0 Å². The molecule has 7 heteroatoms. The second-order valence-electron chi connectivity index (χ2n) is 6.11. The number of amides is 1. The first-order valence-corrected chi connectivity index (χ1v) is 8.20. The summed E-state index contributed by atoms with van der Waals surface area (Å²) in [5, 5.41) is 16.7. The molecule has 128 valence electrons. The van der Waals surface area contributed by atoms with Crippen molar-refractivity contribution in [3.8, 4) is 0 Å². The molecule has 1 fully saturated rings. The summed E-state index contributed by atoms with van der Waals surface area (Å²) in [7, 11) is 0. The zero-order chi connectivity index (χ0) is 17.2. The van der Waals surface area contributed by atoms with Crippen LogP contribution < -0.4 is 0 Å². The van der Waals surface area contributed by atoms with E-state index in [4.69, 9.17) is 16.3 Å². The second kappa shape index (κ2) is 6.93. The van der Waals surface area contributed by atoms with E-state index in [-0.39, 0.29) is 18.2 Å². The number of nitrogens with zero attached hydrogens (tertiary/aromatic N) is 2. The molecule has 0 spiro atoms. The van der Waals surface area contributed by atoms with Gasteiger partial charge in [0.05, 0.1) is 31.0 Å². The second-order valence-corrected chi connectivity index (χ2v) is 6.52. The Hall–Kier alpha value is -1.89. The van der Waals surface area contributed by atoms with Crippen molar-refractivity contribution in [1.82, 2.24) is 15.1 Å². The number of aliphatic hydroxyl groups is 1. The minimum Gasteiger partial charge on any atom is -0.393 e. The number of hydrogen-bond acceptors (Lipinski definition) is 4. The first-order valence-electron chi connectivity index (χ1n) is 7.82. The number of ether oxygens (including phenoxy) is 1. The number of nitrogens with one attached hydrogen (secondary N) is 1. The van der Waals surface area contributed by atoms with Crippen LogP contribution in [0.15, 0.2) is 30.5 Å². The fourth-order valence-electron chi connectivity index (χ4n) is 3.01. The molecule has 0 unspecified atom stereocenters. The van der Waals surface area contributed by atoms with Crippen LogP contribution >= 0.6 is 11.6 Å². The zero-order valence-electron chi connectivity index (χ0n) is 13.5. The fraction of sp³-hybridized carbons (Fsp3) is 0.412. The van der Waals surface area contributed by atoms with Crippen LogP contribution in [0.1, 0.15) is 21.6 Å². The van der Waals surface area contributed by atoms with Gasteiger partial charge in [0, 0.05) is 13.0 Å². The SMILES string of the molecule is Cc1ccccc1C[C@]1(CO)CN(C(=O)c2[nH]ncc2Cl)CCO1. The van der Waals surface area contributed by atoms with Crippen molar-refractivity contribution in [3.05, 3.63) is 52.3 Å². The highest BCUT2D eigenvalue weighted by Crippen LogP contribution is 2.26. The lowest BCUT2D eigenvalue weighted by Gasteiger charge is -2.42. The Morgan fingerprint density at radius 1 is 1.50 bits per heavy atom. The number of carbonyl (C=O) groups excluding carboxylic acids is 1. The molecule has 1 aliphatic rings. The van der Waals surface area contributed by atoms with Gasteiger partial charge in [-0.1, -0.05) is 35.9 Å². The van der Waals surface area contributed by atoms with Crippen LogP contribution in [-0.4, -0.2) is 58.0 Å². The van der Waals surface area contributed by atoms with Crippen LogP contribution in [0.4, 0.5) is 0 Å². The number of aliphatic hydroxyl groups excluding tert-OH is 1. The lowest BCUT2D eigenvalue weighted by atomic mass is 9.91. The molecular formula is C17H20ClN3O3. The first-order chi connectivity index (χ1) is 11.5. The molecule has 3 rings (SSSR count). The molecule has 1 aromatic heterocycles. The van der Waals surface area contributed by atoms with Crippen LogP contribution in [0.25, 0.3) is 0 Å². The summed E-state index contributed by atoms with van der Waals surface area (Å²) < 4.78 is 5.90. The summed E-state index contributed by atoms with van der Waals surface area (Å²) in [4.78, 5) is 14.3. The summed E-state index contributed by atoms with van der Waals surface area (Å²) in [5.74, 6) is -0.233. The molecule has 1 amide bonds. The third kappa shape index (κ3) is 3.31. The molecular weight excluding hydrogens is 330 g/mol. The molecule has 0 radical (unpaired) electrons. The van der Waals surface area contributed by atoms with E-state index in [1.165, 1.54) is 6.20 Å². The van der Waals surface area contributed by atoms with Crippen molar-refractivity contribution in [2.45, 2.75) is 18.9 Å². The molecule has 0 saturated carbocycles. The summed E-state index contributed by atoms with van der Waals surface area (Å²) >= 11 is 5.99. The molecule has 1 saturated heterocycles. The number of carbonyl (C=O) groups is 1. The van der Waals surface area contributed by atoms with Crippen molar-refractivity contribution in [2.24, 2.45) is 0 Å². The van der Waals surface area contributed by atoms with Crippen molar-refractivity contribution < 1.29 is 14.6 Å². The molecule has 24 heavy (non-hydrogen) atoms. The van der Waals surface area contributed by atoms with E-state index < -0.39 is 5.60 Å². The van der Waals surface area contributed by atoms with Gasteiger partial charge in [-0.2, -0.15) is 5.10 Å². The quantitative estimate of drug-likeness (QED) is 0.882. The van der Waals surface area contributed by atoms with E-state index in [9.17, 15) is 9.90 Å². The standard InChI is InChI=1S/C17H20ClN3O3/c1-12-4-2-3-5-13(12)8-17(11-22)10-21(6-7-24-17)16(23)15-14(18)9-19-20-15/h2-5,9,22H,6-8,10-11H2,1H3,(H,19,20)/t17-/m1/s1. The van der Waals surface area contributed by atoms with E-state index in [0.717, 1.165) is 11.1 Å². The van der Waals surface area contributed by atoms with Gasteiger partial charge < -0.3 is 14.7 Å². The van der Waals surface area contributed by atoms with Gasteiger partial charge in [-0.25, -0.2) is 0 Å². The molecule has 1 aromatic carbocycles. The molecule has 0 bridgehead atoms. The van der Waals surface area contributed by atoms with Crippen molar-refractivity contribution in [3.63, 3.8) is 0 Å². The van der Waals surface area contributed by atoms with Gasteiger partial charge in [0.1, 0.15) is 11.3 Å². The largest absolute Gasteiger partial charge is 0.393 e. The number of H-pyrrole nitrogens is 1. The normalized spacial score (nSPS) is 21.0. The van der Waals surface area contributed by atoms with E-state index in [0.29, 0.717) is 31.1 Å². The molecule has 2 aromatic rings. The summed E-state index contributed by atoms with van der Waals surface area (Å²) in [6.45, 7) is 2.97. The fourth-order valence-corrected chi connectivity index (χ4v) is 3.18. The Balaban J connectivity index is 1.81. The van der Waals surface area contributed by atoms with E-state index in [1.54, 1.807) is 4.90 Å². The van der Waals surface area contributed by atoms with Crippen molar-refractivity contribution in [1.29, 1.82) is 0 Å². The molecule has 1 aliphatic heterocycles. The smallest absolute Gasteiger partial charge is 0.273 e. The third-order valence-corrected chi connectivity index (χ3v) is 4.69. The van der Waals surface area contributed by atoms with Gasteiger partial charge >= 0.3 is 0 Å². The third-order valence-electron chi connectivity index (χ3n) is 4.40. The minimum absolute atomic E-state index is 0.165. The Morgan fingerprint density at radius 2 is 2.29 bits per heavy atom. The van der Waals surface area contributed by atoms with Gasteiger partial charge in [-0.15, -0.1) is 0 Å². The maximum absolute atomic E-state index is 12.6. The number of hydrogen-bond donors (Lipinski definition) is 2. The number of morpholine rings is 1. The number of aromatic amines is 1. The van der Waals surface area contributed by atoms with Crippen molar-refractivity contribution >= 4 is 17.5 Å². The highest BCUT2D eigenvalue weighted by atomic mass is 35.5. The molecule has 0 aliphatic carbocycles. The predicted molar refractivity (Wildman–Crippen MR) is 90.2 cm³/mol. The first kappa shape index (κ1) is 17.0. The average molecular weight is 350 g/mol. The molecule has 2 N–H and O–H groups in total. The average Bonchev–Trinajstić information content (AvgIpc) is 3.02. The van der Waals surface area contributed by atoms with Crippen LogP contribution in [0.3, 0.4) is 0 Å². The number of rotatable bonds is 4. The van der Waals surface area contributed by atoms with Gasteiger partial charge in [-0.3, -0.25) is 9.89 Å². The Kier molecular flexibility index (Phi) is 4.89. The molecule has 6 nitrogen and oxygen atoms in total. The predicted octanol–water partition coefficient (Wildman–Crippen LogP) is 1.82. The van der Waals surface area contributed by atoms with Gasteiger partial charge in [-0.05, 0) is 18.1 Å². The van der Waals surface area contributed by atoms with Gasteiger partial charge in [0.2, 0.25) is 0 Å². The topological polar surface area (TPSA) is 78.5 Å². The maximum atomic E-state index is 12.6. The molecule has 1 atom stereocenters. The summed E-state index contributed by atoms with van der Waals surface area (Å²) in [6, 6.07) is 7.98. The lowest BCUT2D eigenvalue weighted by Crippen LogP contribution is -2.57. The number of halogens is 1. The van der Waals surface area contributed by atoms with E-state index in [2.05, 4.69) is 10.2 Å². The molecule has 2 heterocycles.